The zero-order valence-corrected chi connectivity index (χ0v) is 10.9. The maximum absolute atomic E-state index is 11.5. The van der Waals surface area contributed by atoms with E-state index >= 15 is 0 Å². The minimum atomic E-state index is -0.359. The van der Waals surface area contributed by atoms with Crippen LogP contribution in [0.5, 0.6) is 5.88 Å². The Labute approximate surface area is 119 Å². The molecule has 2 aromatic carbocycles. The number of fused-ring (bicyclic) bond motifs is 2. The largest absolute Gasteiger partial charge is 0.493 e. The molecule has 0 atom stereocenters. The third-order valence-corrected chi connectivity index (χ3v) is 3.55. The van der Waals surface area contributed by atoms with E-state index in [0.29, 0.717) is 5.65 Å². The van der Waals surface area contributed by atoms with Gasteiger partial charge >= 0.3 is 0 Å². The fourth-order valence-corrected chi connectivity index (χ4v) is 2.54. The van der Waals surface area contributed by atoms with Gasteiger partial charge in [0.1, 0.15) is 5.65 Å². The number of H-pyrrole nitrogens is 1. The third-order valence-electron chi connectivity index (χ3n) is 3.55. The first kappa shape index (κ1) is 11.7. The molecule has 0 saturated heterocycles. The van der Waals surface area contributed by atoms with Gasteiger partial charge in [0, 0.05) is 5.56 Å². The van der Waals surface area contributed by atoms with Crippen molar-refractivity contribution in [1.29, 1.82) is 0 Å². The van der Waals surface area contributed by atoms with Crippen molar-refractivity contribution in [3.63, 3.8) is 0 Å². The van der Waals surface area contributed by atoms with Gasteiger partial charge in [0.25, 0.3) is 5.56 Å². The lowest BCUT2D eigenvalue weighted by molar-refractivity contribution is 0.434. The molecule has 4 rings (SSSR count). The van der Waals surface area contributed by atoms with Crippen LogP contribution >= 0.6 is 0 Å². The van der Waals surface area contributed by atoms with E-state index in [1.54, 1.807) is 6.20 Å². The molecule has 5 nitrogen and oxygen atoms in total. The fraction of sp³-hybridized carbons (Fsp3) is 0. The molecular weight excluding hydrogens is 266 g/mol. The van der Waals surface area contributed by atoms with Gasteiger partial charge in [0.15, 0.2) is 0 Å². The second-order valence-corrected chi connectivity index (χ2v) is 4.87. The average Bonchev–Trinajstić information content (AvgIpc) is 2.91. The van der Waals surface area contributed by atoms with Crippen molar-refractivity contribution in [2.75, 3.05) is 0 Å². The van der Waals surface area contributed by atoms with E-state index in [0.717, 1.165) is 28.0 Å². The highest BCUT2D eigenvalue weighted by Crippen LogP contribution is 2.27. The Hall–Kier alpha value is -3.08. The molecule has 0 saturated carbocycles. The number of aromatic hydroxyl groups is 1. The van der Waals surface area contributed by atoms with Crippen molar-refractivity contribution in [3.8, 4) is 17.0 Å². The molecule has 2 aromatic heterocycles. The van der Waals surface area contributed by atoms with Gasteiger partial charge in [0.2, 0.25) is 5.88 Å². The summed E-state index contributed by atoms with van der Waals surface area (Å²) < 4.78 is 1.31. The smallest absolute Gasteiger partial charge is 0.254 e. The lowest BCUT2D eigenvalue weighted by Crippen LogP contribution is -2.07. The minimum Gasteiger partial charge on any atom is -0.493 e. The molecule has 0 spiro atoms. The van der Waals surface area contributed by atoms with E-state index in [1.807, 2.05) is 42.5 Å². The molecule has 0 bridgehead atoms. The van der Waals surface area contributed by atoms with E-state index in [-0.39, 0.29) is 11.4 Å². The standard InChI is InChI=1S/C16H11N3O2/c20-14-8-15(21)19-16(18-14)13(9-17-19)12-6-5-10-3-1-2-4-11(10)7-12/h1-9,21H,(H,18,20). The summed E-state index contributed by atoms with van der Waals surface area (Å²) in [5.41, 5.74) is 1.83. The van der Waals surface area contributed by atoms with Gasteiger partial charge in [-0.15, -0.1) is 0 Å². The predicted molar refractivity (Wildman–Crippen MR) is 80.4 cm³/mol. The molecule has 0 fully saturated rings. The molecule has 2 heterocycles. The van der Waals surface area contributed by atoms with Gasteiger partial charge in [-0.3, -0.25) is 4.79 Å². The first-order chi connectivity index (χ1) is 10.2. The number of nitrogens with zero attached hydrogens (tertiary/aromatic N) is 2. The summed E-state index contributed by atoms with van der Waals surface area (Å²) in [6.07, 6.45) is 1.63. The molecule has 0 aliphatic heterocycles. The van der Waals surface area contributed by atoms with Crippen LogP contribution in [-0.2, 0) is 0 Å². The second kappa shape index (κ2) is 4.21. The van der Waals surface area contributed by atoms with Crippen LogP contribution in [0.4, 0.5) is 0 Å². The molecule has 0 amide bonds. The highest BCUT2D eigenvalue weighted by molar-refractivity contribution is 5.89. The first-order valence-electron chi connectivity index (χ1n) is 6.51. The number of aromatic amines is 1. The van der Waals surface area contributed by atoms with E-state index in [2.05, 4.69) is 10.1 Å². The Kier molecular flexibility index (Phi) is 2.35. The molecule has 0 unspecified atom stereocenters. The van der Waals surface area contributed by atoms with Crippen molar-refractivity contribution in [2.45, 2.75) is 0 Å². The number of aromatic nitrogens is 3. The Morgan fingerprint density at radius 2 is 1.86 bits per heavy atom. The minimum absolute atomic E-state index is 0.180. The number of hydrogen-bond donors (Lipinski definition) is 2. The van der Waals surface area contributed by atoms with Gasteiger partial charge in [-0.25, -0.2) is 0 Å². The van der Waals surface area contributed by atoms with Crippen molar-refractivity contribution in [2.24, 2.45) is 0 Å². The summed E-state index contributed by atoms with van der Waals surface area (Å²) in [5.74, 6) is -0.180. The van der Waals surface area contributed by atoms with Crippen LogP contribution in [0.15, 0.2) is 59.5 Å². The van der Waals surface area contributed by atoms with Gasteiger partial charge < -0.3 is 10.1 Å². The monoisotopic (exact) mass is 277 g/mol. The maximum atomic E-state index is 11.5. The zero-order valence-electron chi connectivity index (χ0n) is 10.9. The number of nitrogens with one attached hydrogen (secondary N) is 1. The van der Waals surface area contributed by atoms with E-state index in [9.17, 15) is 9.90 Å². The second-order valence-electron chi connectivity index (χ2n) is 4.87. The lowest BCUT2D eigenvalue weighted by atomic mass is 10.0. The van der Waals surface area contributed by atoms with Crippen LogP contribution in [0.25, 0.3) is 27.5 Å². The summed E-state index contributed by atoms with van der Waals surface area (Å²) in [5, 5.41) is 16.1. The van der Waals surface area contributed by atoms with Crippen LogP contribution in [0, 0.1) is 0 Å². The Bertz CT molecular complexity index is 1030. The quantitative estimate of drug-likeness (QED) is 0.561. The van der Waals surface area contributed by atoms with Crippen LogP contribution in [0.3, 0.4) is 0 Å². The summed E-state index contributed by atoms with van der Waals surface area (Å²) in [6.45, 7) is 0. The molecule has 2 N–H and O–H groups in total. The molecule has 5 heteroatoms. The van der Waals surface area contributed by atoms with Crippen molar-refractivity contribution in [1.82, 2.24) is 14.6 Å². The summed E-state index contributed by atoms with van der Waals surface area (Å²) in [4.78, 5) is 14.3. The molecule has 102 valence electrons. The number of benzene rings is 2. The maximum Gasteiger partial charge on any atom is 0.254 e. The Morgan fingerprint density at radius 3 is 2.71 bits per heavy atom. The average molecular weight is 277 g/mol. The molecule has 0 aliphatic rings. The summed E-state index contributed by atoms with van der Waals surface area (Å²) in [6, 6.07) is 15.2. The van der Waals surface area contributed by atoms with E-state index in [1.165, 1.54) is 4.52 Å². The van der Waals surface area contributed by atoms with Crippen LogP contribution in [0.2, 0.25) is 0 Å². The third kappa shape index (κ3) is 1.79. The number of hydrogen-bond acceptors (Lipinski definition) is 3. The summed E-state index contributed by atoms with van der Waals surface area (Å²) in [7, 11) is 0. The van der Waals surface area contributed by atoms with Crippen LogP contribution in [-0.4, -0.2) is 19.7 Å². The van der Waals surface area contributed by atoms with Gasteiger partial charge in [0.05, 0.1) is 12.3 Å². The van der Waals surface area contributed by atoms with Gasteiger partial charge in [-0.05, 0) is 22.4 Å². The highest BCUT2D eigenvalue weighted by Gasteiger charge is 2.11. The normalized spacial score (nSPS) is 11.2. The molecule has 0 aliphatic carbocycles. The number of rotatable bonds is 1. The molecule has 4 aromatic rings. The van der Waals surface area contributed by atoms with E-state index < -0.39 is 0 Å². The molecule has 21 heavy (non-hydrogen) atoms. The van der Waals surface area contributed by atoms with Crippen molar-refractivity contribution in [3.05, 3.63) is 65.1 Å². The molecule has 0 radical (unpaired) electrons. The zero-order chi connectivity index (χ0) is 14.4. The Balaban J connectivity index is 2.02. The van der Waals surface area contributed by atoms with Gasteiger partial charge in [-0.1, -0.05) is 36.4 Å². The summed E-state index contributed by atoms with van der Waals surface area (Å²) >= 11 is 0. The SMILES string of the molecule is O=c1cc(O)n2ncc(-c3ccc4ccccc4c3)c2[nH]1. The fourth-order valence-electron chi connectivity index (χ4n) is 2.54. The van der Waals surface area contributed by atoms with Gasteiger partial charge in [-0.2, -0.15) is 9.61 Å². The van der Waals surface area contributed by atoms with E-state index in [4.69, 9.17) is 0 Å². The highest BCUT2D eigenvalue weighted by atomic mass is 16.3. The topological polar surface area (TPSA) is 70.4 Å². The van der Waals surface area contributed by atoms with Crippen LogP contribution < -0.4 is 5.56 Å². The van der Waals surface area contributed by atoms with Crippen LogP contribution in [0.1, 0.15) is 0 Å². The predicted octanol–water partition coefficient (Wildman–Crippen LogP) is 2.55. The van der Waals surface area contributed by atoms with Crippen molar-refractivity contribution >= 4 is 16.4 Å². The molecular formula is C16H11N3O2. The van der Waals surface area contributed by atoms with Crippen molar-refractivity contribution < 1.29 is 5.11 Å². The Morgan fingerprint density at radius 1 is 1.05 bits per heavy atom. The lowest BCUT2D eigenvalue weighted by Gasteiger charge is -2.03. The first-order valence-corrected chi connectivity index (χ1v) is 6.51.